The molecule has 9 N–H and O–H groups in total. The Balaban J connectivity index is -0.00000101. The van der Waals surface area contributed by atoms with Crippen molar-refractivity contribution in [2.75, 3.05) is 47.3 Å². The lowest BCUT2D eigenvalue weighted by Crippen LogP contribution is -2.53. The molecule has 1 heterocycles. The van der Waals surface area contributed by atoms with Gasteiger partial charge in [-0.05, 0) is 88.6 Å². The molecule has 70 heavy (non-hydrogen) atoms. The number of hydrogen-bond donors (Lipinski definition) is 7. The molecule has 3 aromatic rings. The number of hydrogen-bond acceptors (Lipinski definition) is 12. The van der Waals surface area contributed by atoms with Gasteiger partial charge < -0.3 is 57.0 Å². The molecule has 0 spiro atoms. The Kier molecular flexibility index (Phi) is 36.0. The van der Waals surface area contributed by atoms with Gasteiger partial charge >= 0.3 is 5.69 Å². The molecule has 20 nitrogen and oxygen atoms in total. The van der Waals surface area contributed by atoms with Crippen molar-refractivity contribution in [2.45, 2.75) is 107 Å². The van der Waals surface area contributed by atoms with E-state index in [9.17, 15) is 43.7 Å². The van der Waals surface area contributed by atoms with Crippen molar-refractivity contribution < 1.29 is 43.6 Å². The molecular formula is C50H84N10O10. The van der Waals surface area contributed by atoms with Crippen LogP contribution in [0.1, 0.15) is 86.3 Å². The normalized spacial score (nSPS) is 11.3. The number of para-hydroxylation sites is 1. The number of rotatable bonds is 18. The second kappa shape index (κ2) is 37.3. The summed E-state index contributed by atoms with van der Waals surface area (Å²) in [5, 5.41) is 30.7. The van der Waals surface area contributed by atoms with Crippen LogP contribution in [0.15, 0.2) is 61.3 Å². The summed E-state index contributed by atoms with van der Waals surface area (Å²) in [6, 6.07) is 10.3. The molecule has 0 aliphatic rings. The predicted molar refractivity (Wildman–Crippen MR) is 277 cm³/mol. The molecule has 3 rings (SSSR count). The summed E-state index contributed by atoms with van der Waals surface area (Å²) in [6.45, 7) is 24.1. The Bertz CT molecular complexity index is 2050. The lowest BCUT2D eigenvalue weighted by Gasteiger charge is -2.28. The Morgan fingerprint density at radius 3 is 1.87 bits per heavy atom. The SMILES string of the molecule is C=CC.CC(C)C.CC(C)CC(C=O)NC(=O)CN(C)C(=O)C(C)NC(=O)CNC(=O)C(CC(C)C)N(C)C(=O)CN.CNCC(N)=O.Cc1ccc(O)c([N+](=O)[O-])c1.Cc1cn(C)c2ccccc12. The number of benzene rings is 2. The van der Waals surface area contributed by atoms with Crippen molar-refractivity contribution in [3.8, 4) is 5.75 Å². The highest BCUT2D eigenvalue weighted by Gasteiger charge is 2.28. The predicted octanol–water partition coefficient (Wildman–Crippen LogP) is 4.27. The third kappa shape index (κ3) is 30.7. The molecule has 0 bridgehead atoms. The molecule has 0 aliphatic heterocycles. The number of phenols is 1. The number of nitrogens with one attached hydrogen (secondary N) is 4. The van der Waals surface area contributed by atoms with Crippen LogP contribution >= 0.6 is 0 Å². The van der Waals surface area contributed by atoms with E-state index in [4.69, 9.17) is 16.6 Å². The zero-order valence-corrected chi connectivity index (χ0v) is 44.3. The summed E-state index contributed by atoms with van der Waals surface area (Å²) < 4.78 is 2.16. The minimum absolute atomic E-state index is 0.116. The van der Waals surface area contributed by atoms with Gasteiger partial charge in [0.25, 0.3) is 0 Å². The topological polar surface area (TPSA) is 294 Å². The third-order valence-electron chi connectivity index (χ3n) is 8.97. The molecule has 1 aromatic heterocycles. The van der Waals surface area contributed by atoms with E-state index < -0.39 is 59.1 Å². The number of fused-ring (bicyclic) bond motifs is 1. The number of nitrogens with zero attached hydrogens (tertiary/aromatic N) is 4. The number of carbonyl (C=O) groups excluding carboxylic acids is 7. The Hall–Kier alpha value is -6.67. The average Bonchev–Trinajstić information content (AvgIpc) is 3.56. The van der Waals surface area contributed by atoms with Gasteiger partial charge in [0.1, 0.15) is 18.4 Å². The first-order valence-corrected chi connectivity index (χ1v) is 23.0. The van der Waals surface area contributed by atoms with Gasteiger partial charge in [-0.25, -0.2) is 0 Å². The number of allylic oxidation sites excluding steroid dienone is 1. The second-order valence-corrected chi connectivity index (χ2v) is 17.8. The largest absolute Gasteiger partial charge is 0.502 e. The maximum absolute atomic E-state index is 12.6. The molecule has 0 radical (unpaired) electrons. The number of likely N-dealkylation sites (N-methyl/N-ethyl adjacent to an activating group) is 3. The number of nitro groups is 1. The summed E-state index contributed by atoms with van der Waals surface area (Å²) in [7, 11) is 6.64. The highest BCUT2D eigenvalue weighted by Crippen LogP contribution is 2.25. The van der Waals surface area contributed by atoms with Gasteiger partial charge in [0.05, 0.1) is 37.1 Å². The van der Waals surface area contributed by atoms with Crippen molar-refractivity contribution in [1.29, 1.82) is 0 Å². The minimum atomic E-state index is -0.956. The number of aromatic hydroxyl groups is 1. The lowest BCUT2D eigenvalue weighted by atomic mass is 10.0. The second-order valence-electron chi connectivity index (χ2n) is 17.8. The maximum Gasteiger partial charge on any atom is 0.310 e. The molecular weight excluding hydrogens is 901 g/mol. The Morgan fingerprint density at radius 1 is 0.900 bits per heavy atom. The fraction of sp³-hybridized carbons (Fsp3) is 0.540. The van der Waals surface area contributed by atoms with E-state index in [-0.39, 0.29) is 48.8 Å². The number of aromatic nitrogens is 1. The van der Waals surface area contributed by atoms with E-state index in [0.29, 0.717) is 19.1 Å². The standard InChI is InChI=1S/C23H42N6O6.C10H11N.C7H7NO3.C4H10.C3H8N2O.C3H6/c1-14(2)8-17(13-30)27-20(32)12-28(6)23(35)16(5)26-19(31)11-25-22(34)18(9-15(3)4)29(7)21(33)10-24;1-8-7-11(2)10-6-4-3-5-9(8)10;1-5-2-3-7(9)6(4-5)8(10)11;1-4(2)3;1-5-2-3(4)6;1-3-2/h13-18H,8-12,24H2,1-7H3,(H,25,34)(H,26,31)(H,27,32);3-7H,1-2H3;2-4,9H,1H3;4H,1-3H3;5H,2H2,1H3,(H2,4,6);3H,1H2,2H3. The fourth-order valence-electron chi connectivity index (χ4n) is 5.88. The fourth-order valence-corrected chi connectivity index (χ4v) is 5.88. The molecule has 0 saturated heterocycles. The number of phenolic OH excluding ortho intramolecular Hbond substituents is 1. The van der Waals surface area contributed by atoms with Crippen LogP contribution in [0.2, 0.25) is 0 Å². The summed E-state index contributed by atoms with van der Waals surface area (Å²) in [5.74, 6) is -1.96. The summed E-state index contributed by atoms with van der Waals surface area (Å²) in [4.78, 5) is 94.4. The van der Waals surface area contributed by atoms with Gasteiger partial charge in [0, 0.05) is 44.3 Å². The first kappa shape index (κ1) is 67.6. The first-order chi connectivity index (χ1) is 32.5. The summed E-state index contributed by atoms with van der Waals surface area (Å²) >= 11 is 0. The van der Waals surface area contributed by atoms with Gasteiger partial charge in [0.2, 0.25) is 35.4 Å². The number of nitro benzene ring substituents is 1. The number of primary amides is 1. The highest BCUT2D eigenvalue weighted by atomic mass is 16.6. The van der Waals surface area contributed by atoms with Crippen molar-refractivity contribution in [2.24, 2.45) is 36.3 Å². The van der Waals surface area contributed by atoms with Crippen LogP contribution in [0.3, 0.4) is 0 Å². The van der Waals surface area contributed by atoms with E-state index in [1.807, 2.05) is 34.6 Å². The van der Waals surface area contributed by atoms with Crippen molar-refractivity contribution in [3.05, 3.63) is 82.6 Å². The van der Waals surface area contributed by atoms with Crippen LogP contribution in [0, 0.1) is 41.7 Å². The molecule has 6 amide bonds. The maximum atomic E-state index is 12.6. The van der Waals surface area contributed by atoms with E-state index >= 15 is 0 Å². The number of aldehydes is 1. The number of nitrogens with two attached hydrogens (primary N) is 2. The molecule has 0 saturated carbocycles. The third-order valence-corrected chi connectivity index (χ3v) is 8.97. The van der Waals surface area contributed by atoms with Gasteiger partial charge in [-0.1, -0.05) is 78.8 Å². The van der Waals surface area contributed by atoms with Crippen molar-refractivity contribution in [3.63, 3.8) is 0 Å². The number of amides is 6. The van der Waals surface area contributed by atoms with E-state index in [2.05, 4.69) is 97.6 Å². The van der Waals surface area contributed by atoms with Crippen LogP contribution in [0.5, 0.6) is 5.75 Å². The van der Waals surface area contributed by atoms with Crippen molar-refractivity contribution in [1.82, 2.24) is 35.6 Å². The van der Waals surface area contributed by atoms with Gasteiger partial charge in [0.15, 0.2) is 5.75 Å². The Morgan fingerprint density at radius 2 is 1.44 bits per heavy atom. The first-order valence-electron chi connectivity index (χ1n) is 23.0. The quantitative estimate of drug-likeness (QED) is 0.0407. The van der Waals surface area contributed by atoms with Gasteiger partial charge in [-0.3, -0.25) is 38.9 Å². The lowest BCUT2D eigenvalue weighted by molar-refractivity contribution is -0.385. The molecule has 394 valence electrons. The molecule has 20 heteroatoms. The molecule has 0 fully saturated rings. The van der Waals surface area contributed by atoms with Gasteiger partial charge in [-0.15, -0.1) is 6.58 Å². The summed E-state index contributed by atoms with van der Waals surface area (Å²) in [5.41, 5.74) is 13.3. The van der Waals surface area contributed by atoms with Crippen LogP contribution < -0.4 is 32.7 Å². The zero-order chi connectivity index (χ0) is 54.8. The number of carbonyl (C=O) groups is 7. The smallest absolute Gasteiger partial charge is 0.310 e. The highest BCUT2D eigenvalue weighted by molar-refractivity contribution is 5.93. The van der Waals surface area contributed by atoms with Crippen LogP contribution in [-0.2, 0) is 40.6 Å². The molecule has 3 unspecified atom stereocenters. The van der Waals surface area contributed by atoms with Crippen molar-refractivity contribution >= 4 is 58.3 Å². The molecule has 0 aliphatic carbocycles. The van der Waals surface area contributed by atoms with Crippen LogP contribution in [0.4, 0.5) is 5.69 Å². The summed E-state index contributed by atoms with van der Waals surface area (Å²) in [6.07, 6.45) is 5.44. The minimum Gasteiger partial charge on any atom is -0.502 e. The van der Waals surface area contributed by atoms with E-state index in [1.165, 1.54) is 54.5 Å². The average molecular weight is 985 g/mol. The van der Waals surface area contributed by atoms with E-state index in [0.717, 1.165) is 16.4 Å². The van der Waals surface area contributed by atoms with E-state index in [1.54, 1.807) is 26.1 Å². The van der Waals surface area contributed by atoms with Crippen LogP contribution in [-0.4, -0.2) is 132 Å². The van der Waals surface area contributed by atoms with Crippen LogP contribution in [0.25, 0.3) is 10.9 Å². The molecule has 2 aromatic carbocycles. The zero-order valence-electron chi connectivity index (χ0n) is 44.3. The molecule has 3 atom stereocenters. The Labute approximate surface area is 415 Å². The monoisotopic (exact) mass is 985 g/mol. The number of aryl methyl sites for hydroxylation is 3. The van der Waals surface area contributed by atoms with Gasteiger partial charge in [-0.2, -0.15) is 0 Å².